The molecule has 0 aliphatic carbocycles. The number of benzene rings is 6. The Kier molecular flexibility index (Phi) is 36.6. The molecule has 0 heterocycles. The van der Waals surface area contributed by atoms with Crippen LogP contribution in [-0.4, -0.2) is 94.9 Å². The zero-order chi connectivity index (χ0) is 57.1. The number of ether oxygens (including phenoxy) is 5. The van der Waals surface area contributed by atoms with Gasteiger partial charge in [-0.25, -0.2) is 0 Å². The molecule has 0 unspecified atom stereocenters. The van der Waals surface area contributed by atoms with Gasteiger partial charge in [-0.3, -0.25) is 40.5 Å². The lowest BCUT2D eigenvalue weighted by molar-refractivity contribution is -0.385. The van der Waals surface area contributed by atoms with E-state index in [4.69, 9.17) is 56.3 Å². The predicted molar refractivity (Wildman–Crippen MR) is 305 cm³/mol. The number of aromatic hydroxyl groups is 2. The van der Waals surface area contributed by atoms with Gasteiger partial charge in [-0.1, -0.05) is 30.3 Å². The van der Waals surface area contributed by atoms with Crippen molar-refractivity contribution in [1.29, 1.82) is 0 Å². The lowest BCUT2D eigenvalue weighted by atomic mass is 10.1. The summed E-state index contributed by atoms with van der Waals surface area (Å²) in [5, 5.41) is 84.1. The van der Waals surface area contributed by atoms with Crippen LogP contribution in [0.5, 0.6) is 17.2 Å². The molecule has 0 spiro atoms. The van der Waals surface area contributed by atoms with Crippen LogP contribution in [-0.2, 0) is 57.9 Å². The van der Waals surface area contributed by atoms with E-state index in [2.05, 4.69) is 10.6 Å². The van der Waals surface area contributed by atoms with Crippen LogP contribution in [0, 0.1) is 40.5 Å². The van der Waals surface area contributed by atoms with E-state index in [9.17, 15) is 45.6 Å². The zero-order valence-corrected chi connectivity index (χ0v) is 46.1. The number of hydrogen-bond acceptors (Lipinski definition) is 20. The van der Waals surface area contributed by atoms with Crippen LogP contribution in [0.25, 0.3) is 0 Å². The third-order valence-corrected chi connectivity index (χ3v) is 10.4. The van der Waals surface area contributed by atoms with Crippen molar-refractivity contribution in [2.75, 3.05) is 71.1 Å². The maximum atomic E-state index is 10.8. The highest BCUT2D eigenvalue weighted by atomic mass is 35.5. The van der Waals surface area contributed by atoms with Crippen molar-refractivity contribution >= 4 is 76.2 Å². The first kappa shape index (κ1) is 71.3. The van der Waals surface area contributed by atoms with Gasteiger partial charge in [0.05, 0.1) is 52.0 Å². The van der Waals surface area contributed by atoms with Gasteiger partial charge in [0, 0.05) is 148 Å². The lowest BCUT2D eigenvalue weighted by Crippen LogP contribution is -2.06. The number of nitro benzene ring substituents is 4. The molecule has 0 amide bonds. The average Bonchev–Trinajstić information content (AvgIpc) is 3.41. The van der Waals surface area contributed by atoms with E-state index < -0.39 is 19.7 Å². The summed E-state index contributed by atoms with van der Waals surface area (Å²) in [7, 11) is 6.19. The van der Waals surface area contributed by atoms with Gasteiger partial charge in [0.1, 0.15) is 23.9 Å². The monoisotopic (exact) mass is 1170 g/mol. The molecule has 0 aromatic heterocycles. The smallest absolute Gasteiger partial charge is 0.270 e. The molecule has 0 aliphatic rings. The number of nitro groups is 4. The maximum Gasteiger partial charge on any atom is 0.270 e. The normalized spacial score (nSPS) is 9.86. The van der Waals surface area contributed by atoms with Crippen molar-refractivity contribution in [1.82, 2.24) is 0 Å². The number of phenols is 2. The fourth-order valence-electron chi connectivity index (χ4n) is 6.38. The van der Waals surface area contributed by atoms with Gasteiger partial charge in [0.2, 0.25) is 0 Å². The Labute approximate surface area is 473 Å². The molecule has 0 atom stereocenters. The van der Waals surface area contributed by atoms with Gasteiger partial charge >= 0.3 is 0 Å². The minimum absolute atomic E-state index is 0. The molecular formula is C52H66Cl3N7O17. The van der Waals surface area contributed by atoms with Crippen LogP contribution in [0.15, 0.2) is 121 Å². The number of nitrogen functional groups attached to an aromatic ring is 1. The Morgan fingerprint density at radius 2 is 0.873 bits per heavy atom. The molecule has 0 aliphatic heterocycles. The lowest BCUT2D eigenvalue weighted by Gasteiger charge is -2.11. The Bertz CT molecular complexity index is 2770. The first-order chi connectivity index (χ1) is 37.0. The van der Waals surface area contributed by atoms with Crippen LogP contribution in [0.4, 0.5) is 39.8 Å². The number of nitrogens with one attached hydrogen (secondary N) is 2. The van der Waals surface area contributed by atoms with E-state index in [0.29, 0.717) is 55.2 Å². The Hall–Kier alpha value is -7.65. The van der Waals surface area contributed by atoms with Crippen LogP contribution >= 0.6 is 36.4 Å². The van der Waals surface area contributed by atoms with Crippen LogP contribution < -0.4 is 21.1 Å². The first-order valence-electron chi connectivity index (χ1n) is 23.2. The molecule has 79 heavy (non-hydrogen) atoms. The number of non-ortho nitro benzene ring substituents is 4. The molecule has 0 saturated carbocycles. The predicted octanol–water partition coefficient (Wildman–Crippen LogP) is 10.4. The number of nitrogens with zero attached hydrogens (tertiary/aromatic N) is 4. The topological polar surface area (TPSA) is 350 Å². The number of alkyl halides is 1. The summed E-state index contributed by atoms with van der Waals surface area (Å²) in [6.07, 6.45) is 1.36. The molecule has 0 bridgehead atoms. The molecule has 27 heteroatoms. The van der Waals surface area contributed by atoms with Gasteiger partial charge in [0.25, 0.3) is 22.7 Å². The quantitative estimate of drug-likeness (QED) is 0.00973. The molecule has 6 aromatic carbocycles. The number of nitrogens with two attached hydrogens (primary N) is 1. The Morgan fingerprint density at radius 3 is 1.33 bits per heavy atom. The van der Waals surface area contributed by atoms with E-state index in [1.807, 2.05) is 48.5 Å². The summed E-state index contributed by atoms with van der Waals surface area (Å²) in [6.45, 7) is 3.35. The van der Waals surface area contributed by atoms with Crippen LogP contribution in [0.2, 0.25) is 0 Å². The second-order valence-electron chi connectivity index (χ2n) is 15.9. The highest BCUT2D eigenvalue weighted by Gasteiger charge is 2.14. The summed E-state index contributed by atoms with van der Waals surface area (Å²) in [6, 6.07) is 32.1. The number of methoxy groups -OCH3 is 4. The van der Waals surface area contributed by atoms with Gasteiger partial charge < -0.3 is 60.5 Å². The Balaban J connectivity index is 0.000000968. The number of aliphatic hydroxyl groups excluding tert-OH is 2. The fourth-order valence-corrected chi connectivity index (χ4v) is 6.59. The third-order valence-electron chi connectivity index (χ3n) is 10.1. The standard InChI is InChI=1S/C15H15NO4.C11H16N2O4.C11H18N2O2.C8H9NO4.C7H6ClNO3.2ClH/c1-19-11-13-9-14(16(17)18)7-8-15(13)20-10-12-5-3-2-4-6-12;1-17-8-9-7-10(13(15)16)3-4-11(9)12-5-2-6-14;1-15-8-9-7-10(12)3-4-11(9)13-5-2-6-14;1-13-5-6-4-7(9(11)12)2-3-8(6)10;8-4-5-3-6(9(11)12)1-2-7(5)10;;/h2-9H,10-11H2,1H3;3-4,7,12,14H,2,5-6,8H2,1H3;3-4,7,13-14H,2,5-6,8,12H2,1H3;2-4,10H,5H2,1H3;1-3,10H,4H2;2*1H. The highest BCUT2D eigenvalue weighted by molar-refractivity contribution is 6.17. The van der Waals surface area contributed by atoms with Gasteiger partial charge in [-0.2, -0.15) is 0 Å². The van der Waals surface area contributed by atoms with E-state index in [1.54, 1.807) is 26.4 Å². The molecule has 24 nitrogen and oxygen atoms in total. The summed E-state index contributed by atoms with van der Waals surface area (Å²) in [5.74, 6) is 0.650. The number of anilines is 3. The van der Waals surface area contributed by atoms with Crippen molar-refractivity contribution in [3.8, 4) is 17.2 Å². The highest BCUT2D eigenvalue weighted by Crippen LogP contribution is 2.28. The van der Waals surface area contributed by atoms with Crippen LogP contribution in [0.1, 0.15) is 46.2 Å². The van der Waals surface area contributed by atoms with Crippen molar-refractivity contribution in [2.24, 2.45) is 0 Å². The van der Waals surface area contributed by atoms with E-state index in [0.717, 1.165) is 46.7 Å². The number of rotatable bonds is 24. The molecule has 0 radical (unpaired) electrons. The molecule has 432 valence electrons. The fraction of sp³-hybridized carbons (Fsp3) is 0.308. The molecule has 8 N–H and O–H groups in total. The minimum atomic E-state index is -0.532. The second kappa shape index (κ2) is 40.5. The van der Waals surface area contributed by atoms with Crippen molar-refractivity contribution in [3.63, 3.8) is 0 Å². The van der Waals surface area contributed by atoms with Crippen molar-refractivity contribution in [2.45, 2.75) is 51.8 Å². The number of hydrogen-bond donors (Lipinski definition) is 7. The molecule has 6 rings (SSSR count). The van der Waals surface area contributed by atoms with Crippen LogP contribution in [0.3, 0.4) is 0 Å². The Morgan fingerprint density at radius 1 is 0.494 bits per heavy atom. The van der Waals surface area contributed by atoms with Crippen molar-refractivity contribution < 1.29 is 63.8 Å². The largest absolute Gasteiger partial charge is 0.508 e. The second-order valence-corrected chi connectivity index (χ2v) is 16.1. The van der Waals surface area contributed by atoms with E-state index in [-0.39, 0.29) is 91.4 Å². The molecule has 0 saturated heterocycles. The van der Waals surface area contributed by atoms with Gasteiger partial charge in [-0.05, 0) is 60.9 Å². The number of phenolic OH excluding ortho intramolecular Hbond substituents is 2. The van der Waals surface area contributed by atoms with E-state index >= 15 is 0 Å². The van der Waals surface area contributed by atoms with Gasteiger partial charge in [0.15, 0.2) is 0 Å². The number of halogens is 3. The summed E-state index contributed by atoms with van der Waals surface area (Å²) in [5.41, 5.74) is 12.4. The molecule has 0 fully saturated rings. The third kappa shape index (κ3) is 27.0. The molecular weight excluding hydrogens is 1100 g/mol. The molecule has 6 aromatic rings. The SMILES string of the molecule is COCc1cc(N)ccc1NCCCO.COCc1cc([N+](=O)[O-])ccc1NCCCO.COCc1cc([N+](=O)[O-])ccc1O.COCc1cc([N+](=O)[O-])ccc1OCc1ccccc1.Cl.Cl.O=[N+]([O-])c1ccc(O)c(CCl)c1. The summed E-state index contributed by atoms with van der Waals surface area (Å²) < 4.78 is 25.6. The van der Waals surface area contributed by atoms with Crippen molar-refractivity contribution in [3.05, 3.63) is 195 Å². The van der Waals surface area contributed by atoms with E-state index in [1.165, 1.54) is 74.9 Å². The number of aliphatic hydroxyl groups is 2. The first-order valence-corrected chi connectivity index (χ1v) is 23.7. The zero-order valence-electron chi connectivity index (χ0n) is 43.7. The van der Waals surface area contributed by atoms with Gasteiger partial charge in [-0.15, -0.1) is 36.4 Å². The summed E-state index contributed by atoms with van der Waals surface area (Å²) in [4.78, 5) is 40.1. The summed E-state index contributed by atoms with van der Waals surface area (Å²) >= 11 is 5.43. The minimum Gasteiger partial charge on any atom is -0.508 e. The average molecular weight is 1170 g/mol. The maximum absolute atomic E-state index is 10.8.